The predicted molar refractivity (Wildman–Crippen MR) is 118 cm³/mol. The number of imidazole rings is 1. The molecule has 0 bridgehead atoms. The van der Waals surface area contributed by atoms with Crippen LogP contribution in [0.1, 0.15) is 23.7 Å². The van der Waals surface area contributed by atoms with Crippen LogP contribution in [0, 0.1) is 12.7 Å². The fraction of sp³-hybridized carbons (Fsp3) is 0.300. The third-order valence-corrected chi connectivity index (χ3v) is 4.09. The lowest BCUT2D eigenvalue weighted by Crippen LogP contribution is -2.38. The van der Waals surface area contributed by atoms with Crippen molar-refractivity contribution in [2.75, 3.05) is 13.1 Å². The Balaban J connectivity index is 0.00000261. The number of guanidine groups is 1. The van der Waals surface area contributed by atoms with Gasteiger partial charge in [-0.1, -0.05) is 18.2 Å². The zero-order valence-corrected chi connectivity index (χ0v) is 17.9. The number of hydrogen-bond donors (Lipinski definition) is 2. The van der Waals surface area contributed by atoms with Crippen LogP contribution < -0.4 is 10.6 Å². The van der Waals surface area contributed by atoms with Crippen LogP contribution in [0.3, 0.4) is 0 Å². The molecular weight excluding hydrogens is 456 g/mol. The van der Waals surface area contributed by atoms with Gasteiger partial charge in [-0.3, -0.25) is 0 Å². The lowest BCUT2D eigenvalue weighted by Gasteiger charge is -2.10. The molecule has 0 aliphatic rings. The number of aromatic nitrogens is 2. The number of fused-ring (bicyclic) bond motifs is 1. The standard InChI is InChI=1S/C20H24FN5.HI/c1-3-22-20(24-13-16-8-7-15(2)18(21)12-16)23-10-9-17-14-26-11-5-4-6-19(26)25-17;/h4-8,11-12,14H,3,9-10,13H2,1-2H3,(H2,22,23,24);1H. The maximum atomic E-state index is 13.6. The number of aryl methyl sites for hydroxylation is 1. The number of nitrogens with zero attached hydrogens (tertiary/aromatic N) is 3. The summed E-state index contributed by atoms with van der Waals surface area (Å²) in [7, 11) is 0. The minimum atomic E-state index is -0.192. The topological polar surface area (TPSA) is 53.7 Å². The van der Waals surface area contributed by atoms with Gasteiger partial charge >= 0.3 is 0 Å². The second-order valence-electron chi connectivity index (χ2n) is 6.15. The lowest BCUT2D eigenvalue weighted by atomic mass is 10.1. The number of halogens is 2. The second kappa shape index (κ2) is 10.2. The first-order chi connectivity index (χ1) is 12.7. The number of aliphatic imine (C=N–C) groups is 1. The smallest absolute Gasteiger partial charge is 0.191 e. The summed E-state index contributed by atoms with van der Waals surface area (Å²) >= 11 is 0. The second-order valence-corrected chi connectivity index (χ2v) is 6.15. The molecule has 1 aromatic carbocycles. The molecule has 27 heavy (non-hydrogen) atoms. The highest BCUT2D eigenvalue weighted by atomic mass is 127. The van der Waals surface area contributed by atoms with E-state index in [0.29, 0.717) is 12.1 Å². The Morgan fingerprint density at radius 2 is 2.07 bits per heavy atom. The van der Waals surface area contributed by atoms with Gasteiger partial charge in [-0.15, -0.1) is 24.0 Å². The minimum Gasteiger partial charge on any atom is -0.357 e. The molecule has 0 saturated heterocycles. The lowest BCUT2D eigenvalue weighted by molar-refractivity contribution is 0.616. The van der Waals surface area contributed by atoms with Gasteiger partial charge in [0.05, 0.1) is 12.2 Å². The van der Waals surface area contributed by atoms with E-state index in [1.165, 1.54) is 0 Å². The monoisotopic (exact) mass is 481 g/mol. The number of rotatable bonds is 6. The quantitative estimate of drug-likeness (QED) is 0.321. The fourth-order valence-electron chi connectivity index (χ4n) is 2.66. The largest absolute Gasteiger partial charge is 0.357 e. The number of benzene rings is 1. The van der Waals surface area contributed by atoms with Crippen molar-refractivity contribution in [2.24, 2.45) is 4.99 Å². The molecule has 2 N–H and O–H groups in total. The van der Waals surface area contributed by atoms with Gasteiger partial charge in [-0.2, -0.15) is 0 Å². The summed E-state index contributed by atoms with van der Waals surface area (Å²) in [4.78, 5) is 9.12. The summed E-state index contributed by atoms with van der Waals surface area (Å²) in [5.74, 6) is 0.528. The van der Waals surface area contributed by atoms with Crippen LogP contribution >= 0.6 is 24.0 Å². The molecular formula is C20H25FIN5. The van der Waals surface area contributed by atoms with Gasteiger partial charge in [-0.05, 0) is 43.2 Å². The number of hydrogen-bond acceptors (Lipinski definition) is 2. The van der Waals surface area contributed by atoms with Gasteiger partial charge in [0.1, 0.15) is 11.5 Å². The van der Waals surface area contributed by atoms with Crippen molar-refractivity contribution in [3.05, 3.63) is 71.4 Å². The Hall–Kier alpha value is -2.16. The van der Waals surface area contributed by atoms with Crippen molar-refractivity contribution in [1.29, 1.82) is 0 Å². The molecule has 2 heterocycles. The van der Waals surface area contributed by atoms with Crippen LogP contribution in [0.25, 0.3) is 5.65 Å². The fourth-order valence-corrected chi connectivity index (χ4v) is 2.66. The normalized spacial score (nSPS) is 11.3. The van der Waals surface area contributed by atoms with Crippen LogP contribution in [0.15, 0.2) is 53.8 Å². The first-order valence-electron chi connectivity index (χ1n) is 8.85. The van der Waals surface area contributed by atoms with E-state index >= 15 is 0 Å². The zero-order chi connectivity index (χ0) is 18.4. The molecule has 0 unspecified atom stereocenters. The van der Waals surface area contributed by atoms with Gasteiger partial charge in [0.2, 0.25) is 0 Å². The summed E-state index contributed by atoms with van der Waals surface area (Å²) in [6.45, 7) is 5.69. The highest BCUT2D eigenvalue weighted by Gasteiger charge is 2.03. The summed E-state index contributed by atoms with van der Waals surface area (Å²) < 4.78 is 15.7. The summed E-state index contributed by atoms with van der Waals surface area (Å²) in [5.41, 5.74) is 3.48. The molecule has 0 radical (unpaired) electrons. The molecule has 5 nitrogen and oxygen atoms in total. The molecule has 0 saturated carbocycles. The van der Waals surface area contributed by atoms with E-state index in [2.05, 4.69) is 20.6 Å². The SMILES string of the molecule is CCNC(=NCc1ccc(C)c(F)c1)NCCc1cn2ccccc2n1.I. The maximum Gasteiger partial charge on any atom is 0.191 e. The molecule has 7 heteroatoms. The molecule has 0 amide bonds. The molecule has 144 valence electrons. The Morgan fingerprint density at radius 1 is 1.22 bits per heavy atom. The van der Waals surface area contributed by atoms with Gasteiger partial charge in [0.15, 0.2) is 5.96 Å². The van der Waals surface area contributed by atoms with E-state index in [1.54, 1.807) is 19.1 Å². The molecule has 0 aliphatic heterocycles. The average molecular weight is 481 g/mol. The Morgan fingerprint density at radius 3 is 2.81 bits per heavy atom. The third kappa shape index (κ3) is 5.92. The van der Waals surface area contributed by atoms with Crippen LogP contribution in [0.2, 0.25) is 0 Å². The van der Waals surface area contributed by atoms with Crippen LogP contribution in [0.4, 0.5) is 4.39 Å². The zero-order valence-electron chi connectivity index (χ0n) is 15.6. The van der Waals surface area contributed by atoms with Crippen LogP contribution in [-0.4, -0.2) is 28.4 Å². The van der Waals surface area contributed by atoms with Gasteiger partial charge in [-0.25, -0.2) is 14.4 Å². The number of nitrogens with one attached hydrogen (secondary N) is 2. The van der Waals surface area contributed by atoms with Crippen molar-refractivity contribution < 1.29 is 4.39 Å². The molecule has 0 spiro atoms. The molecule has 0 fully saturated rings. The molecule has 2 aromatic heterocycles. The average Bonchev–Trinajstić information content (AvgIpc) is 3.05. The predicted octanol–water partition coefficient (Wildman–Crippen LogP) is 3.70. The van der Waals surface area contributed by atoms with E-state index < -0.39 is 0 Å². The van der Waals surface area contributed by atoms with Crippen molar-refractivity contribution >= 4 is 35.6 Å². The molecule has 3 rings (SSSR count). The van der Waals surface area contributed by atoms with Crippen LogP contribution in [0.5, 0.6) is 0 Å². The Bertz CT molecular complexity index is 873. The summed E-state index contributed by atoms with van der Waals surface area (Å²) in [6, 6.07) is 11.2. The Kier molecular flexibility index (Phi) is 8.02. The molecule has 0 atom stereocenters. The van der Waals surface area contributed by atoms with E-state index in [-0.39, 0.29) is 29.8 Å². The van der Waals surface area contributed by atoms with E-state index in [9.17, 15) is 4.39 Å². The first kappa shape index (κ1) is 21.1. The molecule has 0 aliphatic carbocycles. The van der Waals surface area contributed by atoms with Crippen molar-refractivity contribution in [1.82, 2.24) is 20.0 Å². The molecule has 3 aromatic rings. The van der Waals surface area contributed by atoms with Crippen molar-refractivity contribution in [3.63, 3.8) is 0 Å². The highest BCUT2D eigenvalue weighted by Crippen LogP contribution is 2.10. The van der Waals surface area contributed by atoms with Gasteiger partial charge < -0.3 is 15.0 Å². The summed E-state index contributed by atoms with van der Waals surface area (Å²) in [6.07, 6.45) is 4.83. The van der Waals surface area contributed by atoms with Crippen molar-refractivity contribution in [3.8, 4) is 0 Å². The van der Waals surface area contributed by atoms with Gasteiger partial charge in [0, 0.05) is 31.9 Å². The number of pyridine rings is 1. The first-order valence-corrected chi connectivity index (χ1v) is 8.85. The van der Waals surface area contributed by atoms with Crippen molar-refractivity contribution in [2.45, 2.75) is 26.8 Å². The van der Waals surface area contributed by atoms with Crippen LogP contribution in [-0.2, 0) is 13.0 Å². The maximum absolute atomic E-state index is 13.6. The Labute approximate surface area is 176 Å². The third-order valence-electron chi connectivity index (χ3n) is 4.09. The highest BCUT2D eigenvalue weighted by molar-refractivity contribution is 14.0. The van der Waals surface area contributed by atoms with E-state index in [1.807, 2.05) is 48.0 Å². The van der Waals surface area contributed by atoms with Gasteiger partial charge in [0.25, 0.3) is 0 Å². The minimum absolute atomic E-state index is 0. The van der Waals surface area contributed by atoms with E-state index in [0.717, 1.165) is 42.4 Å². The van der Waals surface area contributed by atoms with E-state index in [4.69, 9.17) is 0 Å². The summed E-state index contributed by atoms with van der Waals surface area (Å²) in [5, 5.41) is 6.52.